The zero-order valence-corrected chi connectivity index (χ0v) is 12.9. The average molecular weight is 312 g/mol. The van der Waals surface area contributed by atoms with E-state index in [-0.39, 0.29) is 0 Å². The van der Waals surface area contributed by atoms with Gasteiger partial charge in [-0.05, 0) is 24.3 Å². The number of hydrogen-bond donors (Lipinski definition) is 0. The zero-order valence-electron chi connectivity index (χ0n) is 12.9. The summed E-state index contributed by atoms with van der Waals surface area (Å²) in [6.07, 6.45) is 3.55. The van der Waals surface area contributed by atoms with Crippen LogP contribution in [0.15, 0.2) is 59.3 Å². The summed E-state index contributed by atoms with van der Waals surface area (Å²) < 4.78 is 10.3. The van der Waals surface area contributed by atoms with Crippen LogP contribution in [0.5, 0.6) is 0 Å². The molecule has 0 spiro atoms. The highest BCUT2D eigenvalue weighted by Crippen LogP contribution is 2.33. The summed E-state index contributed by atoms with van der Waals surface area (Å²) in [4.78, 5) is 9.00. The Morgan fingerprint density at radius 2 is 1.79 bits per heavy atom. The first-order valence-electron chi connectivity index (χ1n) is 7.83. The molecule has 0 N–H and O–H groups in total. The SMILES string of the molecule is Cn1c2ccccc2n2c3cc4oc5cnccc5c4cc3nc12. The molecule has 5 nitrogen and oxygen atoms in total. The third kappa shape index (κ3) is 1.31. The van der Waals surface area contributed by atoms with Gasteiger partial charge in [0.1, 0.15) is 5.58 Å². The Hall–Kier alpha value is -3.34. The molecule has 0 atom stereocenters. The van der Waals surface area contributed by atoms with E-state index in [1.807, 2.05) is 6.07 Å². The molecule has 4 aromatic heterocycles. The topological polar surface area (TPSA) is 48.3 Å². The molecule has 6 aromatic rings. The number of pyridine rings is 1. The lowest BCUT2D eigenvalue weighted by molar-refractivity contribution is 0.667. The Morgan fingerprint density at radius 3 is 2.71 bits per heavy atom. The minimum atomic E-state index is 0.805. The predicted octanol–water partition coefficient (Wildman–Crippen LogP) is 4.27. The Labute approximate surface area is 135 Å². The number of aryl methyl sites for hydroxylation is 1. The second kappa shape index (κ2) is 3.94. The average Bonchev–Trinajstić information content (AvgIpc) is 3.24. The minimum Gasteiger partial charge on any atom is -0.454 e. The molecule has 0 aliphatic rings. The summed E-state index contributed by atoms with van der Waals surface area (Å²) in [5, 5.41) is 2.15. The highest BCUT2D eigenvalue weighted by atomic mass is 16.3. The molecule has 5 heteroatoms. The van der Waals surface area contributed by atoms with Crippen molar-refractivity contribution in [3.8, 4) is 0 Å². The monoisotopic (exact) mass is 312 g/mol. The number of para-hydroxylation sites is 2. The number of imidazole rings is 2. The van der Waals surface area contributed by atoms with Gasteiger partial charge in [-0.15, -0.1) is 0 Å². The Bertz CT molecular complexity index is 1420. The van der Waals surface area contributed by atoms with Gasteiger partial charge < -0.3 is 8.98 Å². The van der Waals surface area contributed by atoms with Crippen LogP contribution in [0.4, 0.5) is 0 Å². The van der Waals surface area contributed by atoms with Crippen molar-refractivity contribution in [3.63, 3.8) is 0 Å². The van der Waals surface area contributed by atoms with Crippen LogP contribution < -0.4 is 0 Å². The Morgan fingerprint density at radius 1 is 0.917 bits per heavy atom. The summed E-state index contributed by atoms with van der Waals surface area (Å²) >= 11 is 0. The van der Waals surface area contributed by atoms with Crippen molar-refractivity contribution in [1.82, 2.24) is 18.9 Å². The highest BCUT2D eigenvalue weighted by Gasteiger charge is 2.16. The van der Waals surface area contributed by atoms with Gasteiger partial charge in [-0.25, -0.2) is 4.98 Å². The Balaban J connectivity index is 1.88. The minimum absolute atomic E-state index is 0.805. The highest BCUT2D eigenvalue weighted by molar-refractivity contribution is 6.09. The standard InChI is InChI=1S/C19H12N4O/c1-22-14-4-2-3-5-15(14)23-16-9-17-12(8-13(16)21-19(22)23)11-6-7-20-10-18(11)24-17/h2-10H,1H3. The first-order valence-corrected chi connectivity index (χ1v) is 7.83. The lowest BCUT2D eigenvalue weighted by Crippen LogP contribution is -1.87. The first kappa shape index (κ1) is 12.1. The van der Waals surface area contributed by atoms with E-state index in [9.17, 15) is 0 Å². The van der Waals surface area contributed by atoms with Crippen LogP contribution in [0, 0.1) is 0 Å². The predicted molar refractivity (Wildman–Crippen MR) is 94.2 cm³/mol. The van der Waals surface area contributed by atoms with Crippen molar-refractivity contribution in [1.29, 1.82) is 0 Å². The van der Waals surface area contributed by atoms with Gasteiger partial charge in [0.15, 0.2) is 5.58 Å². The number of furan rings is 1. The number of fused-ring (bicyclic) bond motifs is 8. The van der Waals surface area contributed by atoms with Crippen LogP contribution in [-0.2, 0) is 7.05 Å². The molecule has 0 amide bonds. The molecule has 2 aromatic carbocycles. The lowest BCUT2D eigenvalue weighted by Gasteiger charge is -1.95. The molecule has 0 fully saturated rings. The smallest absolute Gasteiger partial charge is 0.215 e. The van der Waals surface area contributed by atoms with Crippen molar-refractivity contribution in [2.24, 2.45) is 7.05 Å². The van der Waals surface area contributed by atoms with Gasteiger partial charge in [0.25, 0.3) is 0 Å². The number of nitrogens with zero attached hydrogens (tertiary/aromatic N) is 4. The molecule has 0 radical (unpaired) electrons. The largest absolute Gasteiger partial charge is 0.454 e. The summed E-state index contributed by atoms with van der Waals surface area (Å²) in [7, 11) is 2.05. The molecule has 4 heterocycles. The summed E-state index contributed by atoms with van der Waals surface area (Å²) in [6.45, 7) is 0. The number of hydrogen-bond acceptors (Lipinski definition) is 3. The van der Waals surface area contributed by atoms with Crippen LogP contribution in [-0.4, -0.2) is 18.9 Å². The van der Waals surface area contributed by atoms with Crippen LogP contribution in [0.3, 0.4) is 0 Å². The lowest BCUT2D eigenvalue weighted by atomic mass is 10.1. The fourth-order valence-corrected chi connectivity index (χ4v) is 3.70. The normalized spacial score (nSPS) is 12.4. The zero-order chi connectivity index (χ0) is 15.8. The molecule has 24 heavy (non-hydrogen) atoms. The summed E-state index contributed by atoms with van der Waals surface area (Å²) in [6, 6.07) is 14.5. The van der Waals surface area contributed by atoms with Gasteiger partial charge in [0.2, 0.25) is 5.78 Å². The van der Waals surface area contributed by atoms with E-state index in [1.54, 1.807) is 12.4 Å². The van der Waals surface area contributed by atoms with Crippen LogP contribution in [0.2, 0.25) is 0 Å². The van der Waals surface area contributed by atoms with Gasteiger partial charge in [-0.1, -0.05) is 12.1 Å². The maximum Gasteiger partial charge on any atom is 0.215 e. The molecule has 0 unspecified atom stereocenters. The fourth-order valence-electron chi connectivity index (χ4n) is 3.70. The summed E-state index contributed by atoms with van der Waals surface area (Å²) in [5.74, 6) is 0.935. The third-order valence-corrected chi connectivity index (χ3v) is 4.82. The molecule has 0 aliphatic carbocycles. The maximum absolute atomic E-state index is 5.99. The molecular weight excluding hydrogens is 300 g/mol. The maximum atomic E-state index is 5.99. The van der Waals surface area contributed by atoms with E-state index >= 15 is 0 Å². The van der Waals surface area contributed by atoms with E-state index in [4.69, 9.17) is 9.40 Å². The fraction of sp³-hybridized carbons (Fsp3) is 0.0526. The van der Waals surface area contributed by atoms with Gasteiger partial charge >= 0.3 is 0 Å². The molecule has 0 bridgehead atoms. The molecule has 114 valence electrons. The first-order chi connectivity index (χ1) is 11.8. The molecule has 0 saturated carbocycles. The van der Waals surface area contributed by atoms with Crippen LogP contribution in [0.25, 0.3) is 49.8 Å². The van der Waals surface area contributed by atoms with Gasteiger partial charge in [-0.3, -0.25) is 9.38 Å². The molecule has 6 rings (SSSR count). The summed E-state index contributed by atoms with van der Waals surface area (Å²) in [5.41, 5.74) is 6.00. The number of aromatic nitrogens is 4. The van der Waals surface area contributed by atoms with Crippen molar-refractivity contribution in [2.75, 3.05) is 0 Å². The van der Waals surface area contributed by atoms with Crippen LogP contribution in [0.1, 0.15) is 0 Å². The quantitative estimate of drug-likeness (QED) is 0.421. The molecule has 0 saturated heterocycles. The van der Waals surface area contributed by atoms with Crippen molar-refractivity contribution in [2.45, 2.75) is 0 Å². The second-order valence-electron chi connectivity index (χ2n) is 6.11. The van der Waals surface area contributed by atoms with Crippen LogP contribution >= 0.6 is 0 Å². The van der Waals surface area contributed by atoms with E-state index in [0.717, 1.165) is 49.8 Å². The van der Waals surface area contributed by atoms with E-state index in [1.165, 1.54) is 0 Å². The van der Waals surface area contributed by atoms with E-state index in [2.05, 4.69) is 57.4 Å². The van der Waals surface area contributed by atoms with Crippen molar-refractivity contribution in [3.05, 3.63) is 54.9 Å². The third-order valence-electron chi connectivity index (χ3n) is 4.82. The van der Waals surface area contributed by atoms with Crippen molar-refractivity contribution < 1.29 is 4.42 Å². The van der Waals surface area contributed by atoms with E-state index < -0.39 is 0 Å². The Kier molecular flexibility index (Phi) is 1.99. The second-order valence-corrected chi connectivity index (χ2v) is 6.11. The molecular formula is C19H12N4O. The van der Waals surface area contributed by atoms with Crippen molar-refractivity contribution >= 4 is 49.8 Å². The van der Waals surface area contributed by atoms with Gasteiger partial charge in [0, 0.05) is 30.1 Å². The number of rotatable bonds is 0. The van der Waals surface area contributed by atoms with Gasteiger partial charge in [-0.2, -0.15) is 0 Å². The van der Waals surface area contributed by atoms with E-state index in [0.29, 0.717) is 0 Å². The van der Waals surface area contributed by atoms with Gasteiger partial charge in [0.05, 0.1) is 28.3 Å². The number of benzene rings is 2. The molecule has 0 aliphatic heterocycles.